The monoisotopic (exact) mass is 288 g/mol. The summed E-state index contributed by atoms with van der Waals surface area (Å²) in [6.45, 7) is 2.01. The molecule has 0 radical (unpaired) electrons. The highest BCUT2D eigenvalue weighted by Crippen LogP contribution is 2.15. The van der Waals surface area contributed by atoms with Crippen LogP contribution < -0.4 is 9.44 Å². The maximum absolute atomic E-state index is 11.6. The van der Waals surface area contributed by atoms with Crippen molar-refractivity contribution >= 4 is 21.9 Å². The predicted octanol–water partition coefficient (Wildman–Crippen LogP) is 0.586. The zero-order chi connectivity index (χ0) is 14.5. The highest BCUT2D eigenvalue weighted by atomic mass is 32.2. The molecule has 0 heterocycles. The van der Waals surface area contributed by atoms with E-state index in [1.165, 1.54) is 25.3 Å². The number of hydrogen-bond donors (Lipinski definition) is 3. The zero-order valence-electron chi connectivity index (χ0n) is 10.6. The smallest absolute Gasteiger partial charge is 0.335 e. The Morgan fingerprint density at radius 1 is 1.42 bits per heavy atom. The number of anilines is 1. The summed E-state index contributed by atoms with van der Waals surface area (Å²) in [6.07, 6.45) is 0. The molecule has 3 N–H and O–H groups in total. The van der Waals surface area contributed by atoms with Crippen LogP contribution in [0.4, 0.5) is 5.69 Å². The Labute approximate surface area is 111 Å². The van der Waals surface area contributed by atoms with E-state index in [1.54, 1.807) is 6.92 Å². The number of rotatable bonds is 7. The van der Waals surface area contributed by atoms with Crippen LogP contribution in [0, 0.1) is 6.92 Å². The number of ether oxygens (including phenoxy) is 1. The van der Waals surface area contributed by atoms with Gasteiger partial charge in [-0.1, -0.05) is 0 Å². The second kappa shape index (κ2) is 6.50. The minimum atomic E-state index is -3.68. The van der Waals surface area contributed by atoms with Gasteiger partial charge >= 0.3 is 5.97 Å². The van der Waals surface area contributed by atoms with Gasteiger partial charge in [0.2, 0.25) is 0 Å². The molecule has 0 saturated carbocycles. The van der Waals surface area contributed by atoms with Gasteiger partial charge in [-0.15, -0.1) is 0 Å². The molecule has 0 bridgehead atoms. The number of carbonyl (C=O) groups is 1. The van der Waals surface area contributed by atoms with Crippen molar-refractivity contribution < 1.29 is 23.1 Å². The average molecular weight is 288 g/mol. The van der Waals surface area contributed by atoms with Crippen molar-refractivity contribution in [2.24, 2.45) is 0 Å². The third-order valence-corrected chi connectivity index (χ3v) is 3.40. The van der Waals surface area contributed by atoms with Gasteiger partial charge < -0.3 is 9.84 Å². The average Bonchev–Trinajstić information content (AvgIpc) is 2.28. The lowest BCUT2D eigenvalue weighted by atomic mass is 10.1. The van der Waals surface area contributed by atoms with Gasteiger partial charge in [0, 0.05) is 13.7 Å². The molecule has 0 aliphatic carbocycles. The fourth-order valence-electron chi connectivity index (χ4n) is 1.44. The Kier molecular flexibility index (Phi) is 5.28. The Bertz CT molecular complexity index is 556. The SMILES string of the molecule is COCCNS(=O)(=O)Nc1ccc(C(=O)O)c(C)c1. The molecule has 0 aliphatic rings. The maximum atomic E-state index is 11.6. The molecule has 1 rings (SSSR count). The Morgan fingerprint density at radius 2 is 2.11 bits per heavy atom. The Hall–Kier alpha value is -1.64. The first-order valence-corrected chi connectivity index (χ1v) is 6.94. The second-order valence-corrected chi connectivity index (χ2v) is 5.33. The molecule has 0 unspecified atom stereocenters. The summed E-state index contributed by atoms with van der Waals surface area (Å²) in [5.41, 5.74) is 0.910. The van der Waals surface area contributed by atoms with Crippen molar-refractivity contribution in [1.29, 1.82) is 0 Å². The lowest BCUT2D eigenvalue weighted by Gasteiger charge is -2.10. The van der Waals surface area contributed by atoms with Crippen molar-refractivity contribution in [2.45, 2.75) is 6.92 Å². The van der Waals surface area contributed by atoms with Gasteiger partial charge in [0.25, 0.3) is 10.2 Å². The van der Waals surface area contributed by atoms with E-state index < -0.39 is 16.2 Å². The van der Waals surface area contributed by atoms with Gasteiger partial charge in [0.15, 0.2) is 0 Å². The van der Waals surface area contributed by atoms with Gasteiger partial charge in [0.05, 0.1) is 17.9 Å². The highest BCUT2D eigenvalue weighted by Gasteiger charge is 2.11. The highest BCUT2D eigenvalue weighted by molar-refractivity contribution is 7.90. The van der Waals surface area contributed by atoms with E-state index in [0.29, 0.717) is 11.3 Å². The Morgan fingerprint density at radius 3 is 2.63 bits per heavy atom. The summed E-state index contributed by atoms with van der Waals surface area (Å²) < 4.78 is 32.5. The van der Waals surface area contributed by atoms with Crippen LogP contribution in [-0.4, -0.2) is 39.8 Å². The molecule has 1 aromatic rings. The summed E-state index contributed by atoms with van der Waals surface area (Å²) in [7, 11) is -2.22. The van der Waals surface area contributed by atoms with E-state index in [0.717, 1.165) is 0 Å². The van der Waals surface area contributed by atoms with Crippen LogP contribution >= 0.6 is 0 Å². The first kappa shape index (κ1) is 15.4. The standard InChI is InChI=1S/C11H16N2O5S/c1-8-7-9(3-4-10(8)11(14)15)13-19(16,17)12-5-6-18-2/h3-4,7,12-13H,5-6H2,1-2H3,(H,14,15). The molecule has 0 aliphatic heterocycles. The first-order chi connectivity index (χ1) is 8.85. The van der Waals surface area contributed by atoms with Crippen molar-refractivity contribution in [3.8, 4) is 0 Å². The van der Waals surface area contributed by atoms with E-state index in [2.05, 4.69) is 9.44 Å². The number of nitrogens with one attached hydrogen (secondary N) is 2. The lowest BCUT2D eigenvalue weighted by Crippen LogP contribution is -2.32. The molecule has 106 valence electrons. The van der Waals surface area contributed by atoms with E-state index in [1.807, 2.05) is 0 Å². The molecule has 1 aromatic carbocycles. The molecule has 0 amide bonds. The molecule has 0 saturated heterocycles. The summed E-state index contributed by atoms with van der Waals surface area (Å²) in [5, 5.41) is 8.87. The zero-order valence-corrected chi connectivity index (χ0v) is 11.5. The van der Waals surface area contributed by atoms with Crippen LogP contribution in [0.1, 0.15) is 15.9 Å². The minimum absolute atomic E-state index is 0.135. The molecule has 8 heteroatoms. The van der Waals surface area contributed by atoms with Crippen LogP contribution in [-0.2, 0) is 14.9 Å². The number of aryl methyl sites for hydroxylation is 1. The van der Waals surface area contributed by atoms with Crippen LogP contribution in [0.5, 0.6) is 0 Å². The van der Waals surface area contributed by atoms with Gasteiger partial charge in [-0.2, -0.15) is 13.1 Å². The third-order valence-electron chi connectivity index (χ3n) is 2.31. The summed E-state index contributed by atoms with van der Waals surface area (Å²) in [4.78, 5) is 10.8. The fraction of sp³-hybridized carbons (Fsp3) is 0.364. The van der Waals surface area contributed by atoms with Gasteiger partial charge in [0.1, 0.15) is 0 Å². The van der Waals surface area contributed by atoms with E-state index >= 15 is 0 Å². The van der Waals surface area contributed by atoms with Crippen LogP contribution in [0.3, 0.4) is 0 Å². The van der Waals surface area contributed by atoms with Gasteiger partial charge in [-0.05, 0) is 30.7 Å². The second-order valence-electron chi connectivity index (χ2n) is 3.83. The molecule has 19 heavy (non-hydrogen) atoms. The van der Waals surface area contributed by atoms with Gasteiger partial charge in [-0.25, -0.2) is 4.79 Å². The van der Waals surface area contributed by atoms with Crippen LogP contribution in [0.15, 0.2) is 18.2 Å². The quantitative estimate of drug-likeness (QED) is 0.637. The minimum Gasteiger partial charge on any atom is -0.478 e. The van der Waals surface area contributed by atoms with Crippen LogP contribution in [0.25, 0.3) is 0 Å². The number of carboxylic acids is 1. The third kappa shape index (κ3) is 4.86. The summed E-state index contributed by atoms with van der Waals surface area (Å²) >= 11 is 0. The maximum Gasteiger partial charge on any atom is 0.335 e. The number of hydrogen-bond acceptors (Lipinski definition) is 4. The molecule has 0 aromatic heterocycles. The number of methoxy groups -OCH3 is 1. The normalized spacial score (nSPS) is 11.3. The van der Waals surface area contributed by atoms with Crippen molar-refractivity contribution in [1.82, 2.24) is 4.72 Å². The number of benzene rings is 1. The van der Waals surface area contributed by atoms with Gasteiger partial charge in [-0.3, -0.25) is 4.72 Å². The predicted molar refractivity (Wildman–Crippen MR) is 70.6 cm³/mol. The molecular formula is C11H16N2O5S. The number of carboxylic acid groups (broad SMARTS) is 1. The van der Waals surface area contributed by atoms with E-state index in [4.69, 9.17) is 9.84 Å². The summed E-state index contributed by atoms with van der Waals surface area (Å²) in [5.74, 6) is -1.05. The van der Waals surface area contributed by atoms with Crippen molar-refractivity contribution in [3.63, 3.8) is 0 Å². The van der Waals surface area contributed by atoms with E-state index in [-0.39, 0.29) is 18.7 Å². The largest absolute Gasteiger partial charge is 0.478 e. The molecular weight excluding hydrogens is 272 g/mol. The van der Waals surface area contributed by atoms with Crippen molar-refractivity contribution in [3.05, 3.63) is 29.3 Å². The number of aromatic carboxylic acids is 1. The molecule has 0 fully saturated rings. The molecule has 0 spiro atoms. The fourth-order valence-corrected chi connectivity index (χ4v) is 2.30. The Balaban J connectivity index is 2.77. The lowest BCUT2D eigenvalue weighted by molar-refractivity contribution is 0.0696. The summed E-state index contributed by atoms with van der Waals surface area (Å²) in [6, 6.07) is 4.20. The van der Waals surface area contributed by atoms with Crippen LogP contribution in [0.2, 0.25) is 0 Å². The molecule has 0 atom stereocenters. The van der Waals surface area contributed by atoms with E-state index in [9.17, 15) is 13.2 Å². The molecule has 7 nitrogen and oxygen atoms in total. The van der Waals surface area contributed by atoms with Crippen molar-refractivity contribution in [2.75, 3.05) is 25.0 Å². The first-order valence-electron chi connectivity index (χ1n) is 5.46. The topological polar surface area (TPSA) is 105 Å².